The highest BCUT2D eigenvalue weighted by Gasteiger charge is 2.31. The lowest BCUT2D eigenvalue weighted by atomic mass is 9.93. The molecule has 0 saturated carbocycles. The number of carbonyl (C=O) groups excluding carboxylic acids is 2. The normalized spacial score (nSPS) is 16.1. The van der Waals surface area contributed by atoms with Gasteiger partial charge >= 0.3 is 6.09 Å². The van der Waals surface area contributed by atoms with Crippen molar-refractivity contribution >= 4 is 17.5 Å². The third-order valence-electron chi connectivity index (χ3n) is 6.58. The molecule has 36 heavy (non-hydrogen) atoms. The maximum absolute atomic E-state index is 14.4. The van der Waals surface area contributed by atoms with Crippen LogP contribution in [0.1, 0.15) is 69.8 Å². The van der Waals surface area contributed by atoms with E-state index >= 15 is 0 Å². The Balaban J connectivity index is 1.74. The van der Waals surface area contributed by atoms with Crippen LogP contribution >= 0.6 is 0 Å². The van der Waals surface area contributed by atoms with E-state index in [4.69, 9.17) is 4.74 Å². The maximum Gasteiger partial charge on any atom is 0.410 e. The van der Waals surface area contributed by atoms with Gasteiger partial charge in [0, 0.05) is 43.4 Å². The van der Waals surface area contributed by atoms with Crippen LogP contribution in [0.25, 0.3) is 16.6 Å². The van der Waals surface area contributed by atoms with E-state index in [0.717, 1.165) is 23.1 Å². The number of fused-ring (bicyclic) bond motifs is 1. The molecule has 2 amide bonds. The number of rotatable bonds is 5. The largest absolute Gasteiger partial charge is 0.444 e. The van der Waals surface area contributed by atoms with Crippen molar-refractivity contribution in [1.82, 2.24) is 19.2 Å². The molecule has 0 N–H and O–H groups in total. The molecule has 192 valence electrons. The average Bonchev–Trinajstić information content (AvgIpc) is 3.47. The molecule has 4 rings (SSSR count). The van der Waals surface area contributed by atoms with Gasteiger partial charge in [0.2, 0.25) is 0 Å². The molecule has 3 aromatic rings. The minimum atomic E-state index is -0.550. The number of nitrogens with zero attached hydrogens (tertiary/aromatic N) is 4. The van der Waals surface area contributed by atoms with Crippen LogP contribution in [0.15, 0.2) is 43.0 Å². The van der Waals surface area contributed by atoms with Crippen molar-refractivity contribution in [3.63, 3.8) is 0 Å². The number of ether oxygens (including phenoxy) is 1. The predicted octanol–water partition coefficient (Wildman–Crippen LogP) is 5.74. The van der Waals surface area contributed by atoms with Gasteiger partial charge in [-0.05, 0) is 77.3 Å². The molecule has 1 aliphatic heterocycles. The molecular weight excluding hydrogens is 459 g/mol. The Labute approximate surface area is 211 Å². The van der Waals surface area contributed by atoms with Crippen molar-refractivity contribution in [3.8, 4) is 11.1 Å². The van der Waals surface area contributed by atoms with Gasteiger partial charge in [0.15, 0.2) is 0 Å². The summed E-state index contributed by atoms with van der Waals surface area (Å²) in [4.78, 5) is 33.9. The first-order valence-electron chi connectivity index (χ1n) is 12.5. The van der Waals surface area contributed by atoms with Gasteiger partial charge in [-0.2, -0.15) is 0 Å². The predicted molar refractivity (Wildman–Crippen MR) is 138 cm³/mol. The molecule has 7 nitrogen and oxygen atoms in total. The molecule has 0 unspecified atom stereocenters. The highest BCUT2D eigenvalue weighted by atomic mass is 19.1. The van der Waals surface area contributed by atoms with Crippen LogP contribution in [0.5, 0.6) is 0 Å². The van der Waals surface area contributed by atoms with Crippen LogP contribution in [-0.4, -0.2) is 62.5 Å². The summed E-state index contributed by atoms with van der Waals surface area (Å²) in [5.41, 5.74) is 3.10. The minimum absolute atomic E-state index is 0.0164. The van der Waals surface area contributed by atoms with Crippen LogP contribution in [0, 0.1) is 5.82 Å². The summed E-state index contributed by atoms with van der Waals surface area (Å²) in [5, 5.41) is 0. The van der Waals surface area contributed by atoms with Gasteiger partial charge in [0.05, 0.1) is 23.6 Å². The lowest BCUT2D eigenvalue weighted by molar-refractivity contribution is 0.0292. The second-order valence-corrected chi connectivity index (χ2v) is 10.7. The molecule has 1 saturated heterocycles. The number of amides is 2. The topological polar surface area (TPSA) is 67.2 Å². The van der Waals surface area contributed by atoms with Crippen molar-refractivity contribution in [2.45, 2.75) is 65.5 Å². The number of hydrogen-bond donors (Lipinski definition) is 0. The van der Waals surface area contributed by atoms with Crippen LogP contribution in [0.4, 0.5) is 9.18 Å². The first-order valence-corrected chi connectivity index (χ1v) is 12.5. The van der Waals surface area contributed by atoms with Gasteiger partial charge in [-0.15, -0.1) is 0 Å². The second kappa shape index (κ2) is 9.91. The summed E-state index contributed by atoms with van der Waals surface area (Å²) >= 11 is 0. The number of halogens is 1. The van der Waals surface area contributed by atoms with Crippen LogP contribution in [-0.2, 0) is 4.74 Å². The fourth-order valence-electron chi connectivity index (χ4n) is 4.84. The summed E-state index contributed by atoms with van der Waals surface area (Å²) in [5.74, 6) is -0.557. The Hall–Kier alpha value is -3.42. The molecule has 1 aromatic carbocycles. The standard InChI is InChI=1S/C28H35FN4O3/c1-7-33(18(2)3)26(34)24-13-21(29)8-9-22(24)23-12-20(16-32-17-30-14-25(23)32)19-10-11-31(15-19)27(35)36-28(4,5)6/h8-9,12-14,16-19H,7,10-11,15H2,1-6H3/t19-/m1/s1. The molecule has 0 aliphatic carbocycles. The third kappa shape index (κ3) is 5.22. The zero-order chi connectivity index (χ0) is 26.2. The van der Waals surface area contributed by atoms with E-state index in [1.165, 1.54) is 12.1 Å². The van der Waals surface area contributed by atoms with Crippen molar-refractivity contribution in [2.24, 2.45) is 0 Å². The van der Waals surface area contributed by atoms with Crippen molar-refractivity contribution < 1.29 is 18.7 Å². The van der Waals surface area contributed by atoms with Gasteiger partial charge in [0.25, 0.3) is 5.91 Å². The van der Waals surface area contributed by atoms with E-state index in [9.17, 15) is 14.0 Å². The van der Waals surface area contributed by atoms with Crippen molar-refractivity contribution in [3.05, 3.63) is 59.9 Å². The number of likely N-dealkylation sites (tertiary alicyclic amines) is 1. The Kier molecular flexibility index (Phi) is 7.07. The van der Waals surface area contributed by atoms with E-state index in [2.05, 4.69) is 11.1 Å². The molecule has 8 heteroatoms. The molecule has 0 radical (unpaired) electrons. The monoisotopic (exact) mass is 494 g/mol. The highest BCUT2D eigenvalue weighted by molar-refractivity contribution is 6.03. The SMILES string of the molecule is CCN(C(=O)c1cc(F)ccc1-c1cc([C@@H]2CCN(C(=O)OC(C)(C)C)C2)cn2cncc12)C(C)C. The van der Waals surface area contributed by atoms with Gasteiger partial charge in [-0.25, -0.2) is 14.2 Å². The fourth-order valence-corrected chi connectivity index (χ4v) is 4.84. The summed E-state index contributed by atoms with van der Waals surface area (Å²) in [6.07, 6.45) is 5.98. The number of imidazole rings is 1. The summed E-state index contributed by atoms with van der Waals surface area (Å²) in [6.45, 7) is 13.1. The number of benzene rings is 1. The second-order valence-electron chi connectivity index (χ2n) is 10.7. The number of aromatic nitrogens is 2. The van der Waals surface area contributed by atoms with Gasteiger partial charge in [-0.3, -0.25) is 4.79 Å². The quantitative estimate of drug-likeness (QED) is 0.454. The van der Waals surface area contributed by atoms with E-state index in [1.807, 2.05) is 52.1 Å². The summed E-state index contributed by atoms with van der Waals surface area (Å²) < 4.78 is 21.9. The molecular formula is C28H35FN4O3. The highest BCUT2D eigenvalue weighted by Crippen LogP contribution is 2.35. The number of hydrogen-bond acceptors (Lipinski definition) is 4. The Morgan fingerprint density at radius 1 is 1.22 bits per heavy atom. The Morgan fingerprint density at radius 3 is 2.64 bits per heavy atom. The molecule has 1 aliphatic rings. The van der Waals surface area contributed by atoms with E-state index in [0.29, 0.717) is 30.8 Å². The van der Waals surface area contributed by atoms with E-state index in [-0.39, 0.29) is 24.0 Å². The van der Waals surface area contributed by atoms with Crippen molar-refractivity contribution in [1.29, 1.82) is 0 Å². The number of pyridine rings is 1. The molecule has 1 atom stereocenters. The third-order valence-corrected chi connectivity index (χ3v) is 6.58. The zero-order valence-corrected chi connectivity index (χ0v) is 21.9. The van der Waals surface area contributed by atoms with Gasteiger partial charge in [0.1, 0.15) is 11.4 Å². The molecule has 0 spiro atoms. The van der Waals surface area contributed by atoms with E-state index < -0.39 is 11.4 Å². The first-order chi connectivity index (χ1) is 17.0. The minimum Gasteiger partial charge on any atom is -0.444 e. The zero-order valence-electron chi connectivity index (χ0n) is 21.9. The van der Waals surface area contributed by atoms with Gasteiger partial charge < -0.3 is 18.9 Å². The van der Waals surface area contributed by atoms with Crippen LogP contribution < -0.4 is 0 Å². The summed E-state index contributed by atoms with van der Waals surface area (Å²) in [7, 11) is 0. The summed E-state index contributed by atoms with van der Waals surface area (Å²) in [6, 6.07) is 6.41. The number of carbonyl (C=O) groups is 2. The molecule has 2 aromatic heterocycles. The molecule has 0 bridgehead atoms. The fraction of sp³-hybridized carbons (Fsp3) is 0.464. The Morgan fingerprint density at radius 2 is 1.97 bits per heavy atom. The smallest absolute Gasteiger partial charge is 0.410 e. The maximum atomic E-state index is 14.4. The average molecular weight is 495 g/mol. The van der Waals surface area contributed by atoms with Crippen molar-refractivity contribution in [2.75, 3.05) is 19.6 Å². The molecule has 3 heterocycles. The van der Waals surface area contributed by atoms with Gasteiger partial charge in [-0.1, -0.05) is 6.07 Å². The first kappa shape index (κ1) is 25.7. The Bertz CT molecular complexity index is 1280. The molecule has 1 fully saturated rings. The lowest BCUT2D eigenvalue weighted by Gasteiger charge is -2.26. The van der Waals surface area contributed by atoms with E-state index in [1.54, 1.807) is 28.4 Å². The van der Waals surface area contributed by atoms with Crippen LogP contribution in [0.3, 0.4) is 0 Å². The lowest BCUT2D eigenvalue weighted by Crippen LogP contribution is -2.37. The van der Waals surface area contributed by atoms with Crippen LogP contribution in [0.2, 0.25) is 0 Å².